The summed E-state index contributed by atoms with van der Waals surface area (Å²) in [5, 5.41) is 3.36. The van der Waals surface area contributed by atoms with Crippen LogP contribution in [0.25, 0.3) is 11.0 Å². The van der Waals surface area contributed by atoms with E-state index in [0.717, 1.165) is 29.2 Å². The van der Waals surface area contributed by atoms with Crippen LogP contribution in [-0.4, -0.2) is 14.5 Å². The molecule has 0 aliphatic heterocycles. The van der Waals surface area contributed by atoms with Gasteiger partial charge in [-0.15, -0.1) is 0 Å². The number of fused-ring (bicyclic) bond motifs is 1. The van der Waals surface area contributed by atoms with Crippen molar-refractivity contribution in [1.82, 2.24) is 14.5 Å². The maximum atomic E-state index is 4.56. The summed E-state index contributed by atoms with van der Waals surface area (Å²) in [5.41, 5.74) is 3.26. The smallest absolute Gasteiger partial charge is 0.154 e. The van der Waals surface area contributed by atoms with Crippen LogP contribution in [-0.2, 0) is 13.6 Å². The molecule has 0 unspecified atom stereocenters. The number of aromatic nitrogens is 3. The van der Waals surface area contributed by atoms with E-state index in [4.69, 9.17) is 0 Å². The Morgan fingerprint density at radius 1 is 1.16 bits per heavy atom. The molecule has 0 aliphatic rings. The summed E-state index contributed by atoms with van der Waals surface area (Å²) in [6, 6.07) is 12.3. The zero-order chi connectivity index (χ0) is 13.2. The number of rotatable bonds is 3. The van der Waals surface area contributed by atoms with Crippen molar-refractivity contribution in [3.63, 3.8) is 0 Å². The van der Waals surface area contributed by atoms with E-state index in [-0.39, 0.29) is 0 Å². The number of nitrogens with zero attached hydrogens (tertiary/aromatic N) is 3. The van der Waals surface area contributed by atoms with Gasteiger partial charge in [-0.2, -0.15) is 0 Å². The fraction of sp³-hybridized carbons (Fsp3) is 0.200. The van der Waals surface area contributed by atoms with Gasteiger partial charge >= 0.3 is 0 Å². The van der Waals surface area contributed by atoms with Gasteiger partial charge in [0.2, 0.25) is 0 Å². The highest BCUT2D eigenvalue weighted by Crippen LogP contribution is 2.21. The molecule has 0 atom stereocenters. The number of nitrogens with one attached hydrogen (secondary N) is 1. The molecule has 1 N–H and O–H groups in total. The van der Waals surface area contributed by atoms with Gasteiger partial charge in [-0.05, 0) is 18.6 Å². The Morgan fingerprint density at radius 3 is 2.74 bits per heavy atom. The molecule has 0 aliphatic carbocycles. The maximum Gasteiger partial charge on any atom is 0.154 e. The van der Waals surface area contributed by atoms with Gasteiger partial charge in [-0.1, -0.05) is 30.3 Å². The lowest BCUT2D eigenvalue weighted by Crippen LogP contribution is -2.01. The van der Waals surface area contributed by atoms with Gasteiger partial charge in [0.1, 0.15) is 11.3 Å². The Kier molecular flexibility index (Phi) is 2.91. The molecule has 96 valence electrons. The molecule has 2 heterocycles. The topological polar surface area (TPSA) is 42.7 Å². The zero-order valence-electron chi connectivity index (χ0n) is 11.1. The van der Waals surface area contributed by atoms with Crippen LogP contribution in [0, 0.1) is 6.92 Å². The highest BCUT2D eigenvalue weighted by atomic mass is 15.1. The van der Waals surface area contributed by atoms with Gasteiger partial charge in [0.05, 0.1) is 5.52 Å². The van der Waals surface area contributed by atoms with Gasteiger partial charge < -0.3 is 9.88 Å². The monoisotopic (exact) mass is 252 g/mol. The molecule has 0 fully saturated rings. The van der Waals surface area contributed by atoms with E-state index in [9.17, 15) is 0 Å². The van der Waals surface area contributed by atoms with E-state index in [1.165, 1.54) is 5.56 Å². The van der Waals surface area contributed by atoms with Crippen molar-refractivity contribution in [2.45, 2.75) is 13.5 Å². The summed E-state index contributed by atoms with van der Waals surface area (Å²) >= 11 is 0. The van der Waals surface area contributed by atoms with Crippen LogP contribution in [0.5, 0.6) is 0 Å². The molecule has 0 amide bonds. The Labute approximate surface area is 112 Å². The fourth-order valence-corrected chi connectivity index (χ4v) is 2.15. The molecule has 3 rings (SSSR count). The largest absolute Gasteiger partial charge is 0.364 e. The number of pyridine rings is 1. The molecule has 19 heavy (non-hydrogen) atoms. The summed E-state index contributed by atoms with van der Waals surface area (Å²) in [6.07, 6.45) is 1.82. The molecular weight excluding hydrogens is 236 g/mol. The number of aryl methyl sites for hydroxylation is 2. The van der Waals surface area contributed by atoms with Crippen molar-refractivity contribution in [2.75, 3.05) is 5.32 Å². The summed E-state index contributed by atoms with van der Waals surface area (Å²) in [7, 11) is 2.02. The first-order valence-electron chi connectivity index (χ1n) is 6.31. The Bertz CT molecular complexity index is 701. The molecule has 4 nitrogen and oxygen atoms in total. The molecule has 3 aromatic rings. The van der Waals surface area contributed by atoms with Crippen LogP contribution in [0.4, 0.5) is 5.82 Å². The second-order valence-electron chi connectivity index (χ2n) is 4.58. The van der Waals surface area contributed by atoms with Gasteiger partial charge in [0, 0.05) is 19.8 Å². The van der Waals surface area contributed by atoms with Crippen LogP contribution < -0.4 is 5.32 Å². The standard InChI is InChI=1S/C15H16N4/c1-11-18-14-13(19(11)2)8-9-16-15(14)17-10-12-6-4-3-5-7-12/h3-9H,10H2,1-2H3,(H,16,17). The van der Waals surface area contributed by atoms with E-state index in [1.54, 1.807) is 0 Å². The van der Waals surface area contributed by atoms with Crippen LogP contribution >= 0.6 is 0 Å². The average molecular weight is 252 g/mol. The molecule has 0 saturated carbocycles. The lowest BCUT2D eigenvalue weighted by Gasteiger charge is -2.06. The van der Waals surface area contributed by atoms with Crippen molar-refractivity contribution in [2.24, 2.45) is 7.05 Å². The highest BCUT2D eigenvalue weighted by molar-refractivity contribution is 5.86. The number of imidazole rings is 1. The average Bonchev–Trinajstić information content (AvgIpc) is 2.74. The SMILES string of the molecule is Cc1nc2c(NCc3ccccc3)nccc2n1C. The number of anilines is 1. The molecule has 0 spiro atoms. The van der Waals surface area contributed by atoms with Crippen LogP contribution in [0.15, 0.2) is 42.6 Å². The minimum atomic E-state index is 0.753. The predicted octanol–water partition coefficient (Wildman–Crippen LogP) is 2.89. The minimum Gasteiger partial charge on any atom is -0.364 e. The predicted molar refractivity (Wildman–Crippen MR) is 77.0 cm³/mol. The number of hydrogen-bond acceptors (Lipinski definition) is 3. The van der Waals surface area contributed by atoms with Gasteiger partial charge in [-0.3, -0.25) is 0 Å². The maximum absolute atomic E-state index is 4.56. The second kappa shape index (κ2) is 4.72. The Hall–Kier alpha value is -2.36. The van der Waals surface area contributed by atoms with E-state index in [2.05, 4.69) is 32.0 Å². The van der Waals surface area contributed by atoms with Crippen molar-refractivity contribution in [1.29, 1.82) is 0 Å². The number of hydrogen-bond donors (Lipinski definition) is 1. The van der Waals surface area contributed by atoms with Gasteiger partial charge in [0.25, 0.3) is 0 Å². The fourth-order valence-electron chi connectivity index (χ4n) is 2.15. The van der Waals surface area contributed by atoms with Crippen molar-refractivity contribution in [3.8, 4) is 0 Å². The third-order valence-electron chi connectivity index (χ3n) is 3.33. The summed E-state index contributed by atoms with van der Waals surface area (Å²) < 4.78 is 2.07. The van der Waals surface area contributed by atoms with Gasteiger partial charge in [0.15, 0.2) is 5.82 Å². The van der Waals surface area contributed by atoms with E-state index in [0.29, 0.717) is 0 Å². The van der Waals surface area contributed by atoms with Crippen LogP contribution in [0.1, 0.15) is 11.4 Å². The first-order chi connectivity index (χ1) is 9.25. The number of benzene rings is 1. The van der Waals surface area contributed by atoms with Crippen LogP contribution in [0.2, 0.25) is 0 Å². The van der Waals surface area contributed by atoms with Gasteiger partial charge in [-0.25, -0.2) is 9.97 Å². The first-order valence-corrected chi connectivity index (χ1v) is 6.31. The normalized spacial score (nSPS) is 10.8. The van der Waals surface area contributed by atoms with Crippen LogP contribution in [0.3, 0.4) is 0 Å². The minimum absolute atomic E-state index is 0.753. The van der Waals surface area contributed by atoms with Crippen molar-refractivity contribution < 1.29 is 0 Å². The van der Waals surface area contributed by atoms with E-state index >= 15 is 0 Å². The zero-order valence-corrected chi connectivity index (χ0v) is 11.1. The molecule has 0 radical (unpaired) electrons. The third-order valence-corrected chi connectivity index (χ3v) is 3.33. The molecule has 2 aromatic heterocycles. The lowest BCUT2D eigenvalue weighted by atomic mass is 10.2. The molecule has 4 heteroatoms. The first kappa shape index (κ1) is 11.7. The second-order valence-corrected chi connectivity index (χ2v) is 4.58. The third kappa shape index (κ3) is 2.17. The summed E-state index contributed by atoms with van der Waals surface area (Å²) in [6.45, 7) is 2.75. The summed E-state index contributed by atoms with van der Waals surface area (Å²) in [4.78, 5) is 8.95. The lowest BCUT2D eigenvalue weighted by molar-refractivity contribution is 0.886. The Balaban J connectivity index is 1.91. The van der Waals surface area contributed by atoms with Crippen molar-refractivity contribution >= 4 is 16.9 Å². The molecular formula is C15H16N4. The van der Waals surface area contributed by atoms with E-state index < -0.39 is 0 Å². The molecule has 1 aromatic carbocycles. The Morgan fingerprint density at radius 2 is 1.95 bits per heavy atom. The summed E-state index contributed by atoms with van der Waals surface area (Å²) in [5.74, 6) is 1.83. The molecule has 0 bridgehead atoms. The van der Waals surface area contributed by atoms with Crippen molar-refractivity contribution in [3.05, 3.63) is 54.0 Å². The highest BCUT2D eigenvalue weighted by Gasteiger charge is 2.09. The molecule has 0 saturated heterocycles. The van der Waals surface area contributed by atoms with E-state index in [1.807, 2.05) is 44.4 Å². The quantitative estimate of drug-likeness (QED) is 0.779.